The Morgan fingerprint density at radius 2 is 2.23 bits per heavy atom. The summed E-state index contributed by atoms with van der Waals surface area (Å²) in [5, 5.41) is 11.8. The van der Waals surface area contributed by atoms with Gasteiger partial charge in [0.15, 0.2) is 11.3 Å². The van der Waals surface area contributed by atoms with Gasteiger partial charge in [-0.1, -0.05) is 57.7 Å². The molecule has 122 valence electrons. The van der Waals surface area contributed by atoms with Crippen molar-refractivity contribution >= 4 is 16.9 Å². The first-order valence-corrected chi connectivity index (χ1v) is 8.92. The summed E-state index contributed by atoms with van der Waals surface area (Å²) in [5.74, 6) is 0. The van der Waals surface area contributed by atoms with Gasteiger partial charge < -0.3 is 0 Å². The first kappa shape index (κ1) is 18.8. The third-order valence-corrected chi connectivity index (χ3v) is 4.60. The van der Waals surface area contributed by atoms with Gasteiger partial charge in [-0.3, -0.25) is 4.84 Å². The van der Waals surface area contributed by atoms with Gasteiger partial charge >= 0.3 is 0 Å². The molecule has 0 radical (unpaired) electrons. The number of hydroxylamine groups is 2. The van der Waals surface area contributed by atoms with E-state index >= 15 is 0 Å². The standard InChI is InChI=1S/C17H27N3OS/c1-7-17(4,5)11-9-10-13(3)15-14(12-18)21-20(8-2)16(19-15)22-6/h9-10,14-15H,3,7-8,11H2,1-2,4-6H3/b10-9-. The maximum absolute atomic E-state index is 9.33. The number of rotatable bonds is 6. The van der Waals surface area contributed by atoms with Crippen LogP contribution in [0.3, 0.4) is 0 Å². The molecule has 2 atom stereocenters. The van der Waals surface area contributed by atoms with E-state index in [1.165, 1.54) is 11.8 Å². The lowest BCUT2D eigenvalue weighted by molar-refractivity contribution is -0.133. The lowest BCUT2D eigenvalue weighted by Gasteiger charge is -2.33. The van der Waals surface area contributed by atoms with Crippen LogP contribution in [0.1, 0.15) is 40.5 Å². The summed E-state index contributed by atoms with van der Waals surface area (Å²) >= 11 is 1.52. The highest BCUT2D eigenvalue weighted by atomic mass is 32.2. The Hall–Kier alpha value is -1.25. The van der Waals surface area contributed by atoms with Crippen LogP contribution >= 0.6 is 11.8 Å². The Bertz CT molecular complexity index is 491. The fourth-order valence-electron chi connectivity index (χ4n) is 2.00. The Kier molecular flexibility index (Phi) is 7.18. The summed E-state index contributed by atoms with van der Waals surface area (Å²) in [5.41, 5.74) is 1.10. The average Bonchev–Trinajstić information content (AvgIpc) is 2.53. The van der Waals surface area contributed by atoms with Crippen molar-refractivity contribution in [3.8, 4) is 6.07 Å². The first-order chi connectivity index (χ1) is 10.4. The van der Waals surface area contributed by atoms with E-state index in [0.29, 0.717) is 6.54 Å². The second-order valence-corrected chi connectivity index (χ2v) is 6.88. The molecule has 0 saturated heterocycles. The van der Waals surface area contributed by atoms with E-state index in [-0.39, 0.29) is 11.5 Å². The highest BCUT2D eigenvalue weighted by Crippen LogP contribution is 2.27. The molecule has 22 heavy (non-hydrogen) atoms. The zero-order valence-electron chi connectivity index (χ0n) is 14.3. The van der Waals surface area contributed by atoms with E-state index in [4.69, 9.17) is 4.84 Å². The molecule has 2 unspecified atom stereocenters. The van der Waals surface area contributed by atoms with Crippen molar-refractivity contribution in [2.75, 3.05) is 12.8 Å². The van der Waals surface area contributed by atoms with Gasteiger partial charge in [-0.2, -0.15) is 5.26 Å². The number of allylic oxidation sites excluding steroid dienone is 1. The SMILES string of the molecule is C=C(/C=C\CC(C)(C)CC)C1N=C(SC)N(CC)OC1C#N. The number of hydrogen-bond donors (Lipinski definition) is 0. The quantitative estimate of drug-likeness (QED) is 0.689. The molecule has 1 heterocycles. The van der Waals surface area contributed by atoms with Crippen molar-refractivity contribution in [1.29, 1.82) is 5.26 Å². The molecule has 0 N–H and O–H groups in total. The number of nitrogens with zero attached hydrogens (tertiary/aromatic N) is 3. The van der Waals surface area contributed by atoms with Crippen LogP contribution in [0.2, 0.25) is 0 Å². The second-order valence-electron chi connectivity index (χ2n) is 6.11. The summed E-state index contributed by atoms with van der Waals surface area (Å²) in [6.45, 7) is 13.4. The molecule has 0 aliphatic carbocycles. The van der Waals surface area contributed by atoms with Crippen molar-refractivity contribution in [1.82, 2.24) is 5.06 Å². The second kappa shape index (κ2) is 8.40. The Morgan fingerprint density at radius 3 is 2.73 bits per heavy atom. The minimum atomic E-state index is -0.618. The molecule has 0 amide bonds. The monoisotopic (exact) mass is 321 g/mol. The highest BCUT2D eigenvalue weighted by Gasteiger charge is 2.32. The van der Waals surface area contributed by atoms with Crippen LogP contribution in [0.4, 0.5) is 0 Å². The minimum Gasteiger partial charge on any atom is -0.250 e. The fraction of sp³-hybridized carbons (Fsp3) is 0.647. The van der Waals surface area contributed by atoms with Crippen LogP contribution in [0, 0.1) is 16.7 Å². The van der Waals surface area contributed by atoms with E-state index < -0.39 is 6.10 Å². The van der Waals surface area contributed by atoms with E-state index in [1.54, 1.807) is 5.06 Å². The van der Waals surface area contributed by atoms with Gasteiger partial charge in [0, 0.05) is 6.54 Å². The molecule has 5 heteroatoms. The average molecular weight is 321 g/mol. The van der Waals surface area contributed by atoms with Gasteiger partial charge in [0.05, 0.1) is 6.07 Å². The third-order valence-electron chi connectivity index (χ3n) is 3.93. The van der Waals surface area contributed by atoms with E-state index in [9.17, 15) is 5.26 Å². The number of amidine groups is 1. The van der Waals surface area contributed by atoms with Crippen LogP contribution < -0.4 is 0 Å². The predicted molar refractivity (Wildman–Crippen MR) is 94.6 cm³/mol. The molecule has 4 nitrogen and oxygen atoms in total. The van der Waals surface area contributed by atoms with Crippen molar-refractivity contribution in [2.24, 2.45) is 10.4 Å². The van der Waals surface area contributed by atoms with Crippen LogP contribution in [0.15, 0.2) is 29.3 Å². The lowest BCUT2D eigenvalue weighted by atomic mass is 9.86. The molecule has 0 aromatic rings. The molecule has 1 aliphatic heterocycles. The van der Waals surface area contributed by atoms with Crippen molar-refractivity contribution in [3.63, 3.8) is 0 Å². The van der Waals surface area contributed by atoms with E-state index in [1.807, 2.05) is 19.3 Å². The summed E-state index contributed by atoms with van der Waals surface area (Å²) in [4.78, 5) is 10.4. The van der Waals surface area contributed by atoms with Gasteiger partial charge in [-0.25, -0.2) is 10.1 Å². The molecule has 0 aromatic heterocycles. The summed E-state index contributed by atoms with van der Waals surface area (Å²) in [6, 6.07) is 1.85. The molecular formula is C17H27N3OS. The number of aliphatic imine (C=N–C) groups is 1. The van der Waals surface area contributed by atoms with Gasteiger partial charge in [0.25, 0.3) is 0 Å². The normalized spacial score (nSPS) is 22.5. The Balaban J connectivity index is 2.86. The smallest absolute Gasteiger partial charge is 0.198 e. The topological polar surface area (TPSA) is 48.6 Å². The number of nitriles is 1. The fourth-order valence-corrected chi connectivity index (χ4v) is 2.59. The largest absolute Gasteiger partial charge is 0.250 e. The summed E-state index contributed by atoms with van der Waals surface area (Å²) in [7, 11) is 0. The maximum Gasteiger partial charge on any atom is 0.198 e. The van der Waals surface area contributed by atoms with Crippen molar-refractivity contribution in [2.45, 2.75) is 52.7 Å². The number of thioether (sulfide) groups is 1. The summed E-state index contributed by atoms with van der Waals surface area (Å²) < 4.78 is 0. The van der Waals surface area contributed by atoms with Gasteiger partial charge in [0.1, 0.15) is 6.04 Å². The van der Waals surface area contributed by atoms with E-state index in [2.05, 4.69) is 44.5 Å². The van der Waals surface area contributed by atoms with Crippen LogP contribution in [-0.4, -0.2) is 35.2 Å². The first-order valence-electron chi connectivity index (χ1n) is 7.69. The van der Waals surface area contributed by atoms with Gasteiger partial charge in [0.2, 0.25) is 0 Å². The molecule has 0 aromatic carbocycles. The Labute approximate surface area is 138 Å². The number of hydrogen-bond acceptors (Lipinski definition) is 5. The highest BCUT2D eigenvalue weighted by molar-refractivity contribution is 8.13. The van der Waals surface area contributed by atoms with Gasteiger partial charge in [-0.05, 0) is 30.6 Å². The summed E-state index contributed by atoms with van der Waals surface area (Å²) in [6.07, 6.45) is 7.55. The molecule has 0 bridgehead atoms. The molecule has 0 spiro atoms. The molecule has 0 saturated carbocycles. The molecule has 1 rings (SSSR count). The minimum absolute atomic E-state index is 0.279. The van der Waals surface area contributed by atoms with Gasteiger partial charge in [-0.15, -0.1) is 0 Å². The molecule has 1 aliphatic rings. The third kappa shape index (κ3) is 4.89. The van der Waals surface area contributed by atoms with Crippen LogP contribution in [0.25, 0.3) is 0 Å². The lowest BCUT2D eigenvalue weighted by Crippen LogP contribution is -2.44. The zero-order chi connectivity index (χ0) is 16.8. The van der Waals surface area contributed by atoms with E-state index in [0.717, 1.165) is 23.6 Å². The van der Waals surface area contributed by atoms with Crippen molar-refractivity contribution in [3.05, 3.63) is 24.3 Å². The van der Waals surface area contributed by atoms with Crippen LogP contribution in [-0.2, 0) is 4.84 Å². The zero-order valence-corrected chi connectivity index (χ0v) is 15.1. The van der Waals surface area contributed by atoms with Crippen molar-refractivity contribution < 1.29 is 4.84 Å². The predicted octanol–water partition coefficient (Wildman–Crippen LogP) is 4.17. The van der Waals surface area contributed by atoms with Crippen LogP contribution in [0.5, 0.6) is 0 Å². The molecule has 0 fully saturated rings. The maximum atomic E-state index is 9.33. The Morgan fingerprint density at radius 1 is 1.55 bits per heavy atom. The molecular weight excluding hydrogens is 294 g/mol.